The molecule has 6 nitrogen and oxygen atoms in total. The molecule has 3 aliphatic heterocycles. The van der Waals surface area contributed by atoms with E-state index in [0.717, 1.165) is 58.8 Å². The van der Waals surface area contributed by atoms with Crippen molar-refractivity contribution in [2.45, 2.75) is 50.1 Å². The lowest BCUT2D eigenvalue weighted by molar-refractivity contribution is -0.123. The second kappa shape index (κ2) is 8.42. The molecule has 0 bridgehead atoms. The van der Waals surface area contributed by atoms with Gasteiger partial charge in [-0.05, 0) is 38.8 Å². The molecule has 6 heteroatoms. The number of morpholine rings is 1. The van der Waals surface area contributed by atoms with E-state index in [1.165, 1.54) is 19.3 Å². The zero-order valence-corrected chi connectivity index (χ0v) is 14.1. The van der Waals surface area contributed by atoms with E-state index in [4.69, 9.17) is 9.47 Å². The topological polar surface area (TPSA) is 62.8 Å². The first-order valence-corrected chi connectivity index (χ1v) is 9.19. The number of rotatable bonds is 5. The van der Waals surface area contributed by atoms with Crippen LogP contribution in [-0.4, -0.2) is 75.0 Å². The van der Waals surface area contributed by atoms with Crippen LogP contribution in [0.2, 0.25) is 0 Å². The summed E-state index contributed by atoms with van der Waals surface area (Å²) in [6, 6.07) is 0.157. The molecule has 0 radical (unpaired) electrons. The molecular formula is C17H31N3O3. The number of carbonyl (C=O) groups excluding carboxylic acids is 1. The third-order valence-electron chi connectivity index (χ3n) is 5.50. The van der Waals surface area contributed by atoms with Crippen molar-refractivity contribution in [3.63, 3.8) is 0 Å². The molecule has 0 aromatic rings. The highest BCUT2D eigenvalue weighted by molar-refractivity contribution is 5.76. The Balaban J connectivity index is 1.52. The first-order valence-electron chi connectivity index (χ1n) is 9.19. The summed E-state index contributed by atoms with van der Waals surface area (Å²) in [6.07, 6.45) is 6.45. The fourth-order valence-electron chi connectivity index (χ4n) is 4.03. The summed E-state index contributed by atoms with van der Waals surface area (Å²) in [5.74, 6) is 0.135. The highest BCUT2D eigenvalue weighted by atomic mass is 16.5. The molecule has 23 heavy (non-hydrogen) atoms. The molecule has 3 rings (SSSR count). The average Bonchev–Trinajstić information content (AvgIpc) is 2.62. The number of hydrogen-bond donors (Lipinski definition) is 2. The van der Waals surface area contributed by atoms with Crippen molar-refractivity contribution < 1.29 is 14.3 Å². The van der Waals surface area contributed by atoms with Gasteiger partial charge >= 0.3 is 0 Å². The van der Waals surface area contributed by atoms with Crippen LogP contribution < -0.4 is 10.6 Å². The largest absolute Gasteiger partial charge is 0.381 e. The van der Waals surface area contributed by atoms with E-state index >= 15 is 0 Å². The molecule has 132 valence electrons. The summed E-state index contributed by atoms with van der Waals surface area (Å²) >= 11 is 0. The van der Waals surface area contributed by atoms with E-state index in [9.17, 15) is 4.79 Å². The second-order valence-electron chi connectivity index (χ2n) is 7.09. The van der Waals surface area contributed by atoms with E-state index in [-0.39, 0.29) is 17.5 Å². The van der Waals surface area contributed by atoms with Gasteiger partial charge in [0, 0.05) is 44.3 Å². The SMILES string of the molecule is O=C(CC1COCCN1)NCC1(N2CCCCC2)CCOCC1. The first-order chi connectivity index (χ1) is 11.3. The standard InChI is InChI=1S/C17H31N3O3/c21-16(12-15-13-23-11-6-18-15)19-14-17(4-9-22-10-5-17)20-7-2-1-3-8-20/h15,18H,1-14H2,(H,19,21). The Morgan fingerprint density at radius 3 is 2.61 bits per heavy atom. The van der Waals surface area contributed by atoms with Crippen molar-refractivity contribution in [3.8, 4) is 0 Å². The van der Waals surface area contributed by atoms with E-state index in [0.29, 0.717) is 13.0 Å². The molecular weight excluding hydrogens is 294 g/mol. The number of ether oxygens (including phenoxy) is 2. The Hall–Kier alpha value is -0.690. The van der Waals surface area contributed by atoms with Gasteiger partial charge in [0.25, 0.3) is 0 Å². The average molecular weight is 325 g/mol. The van der Waals surface area contributed by atoms with Crippen LogP contribution in [0.1, 0.15) is 38.5 Å². The molecule has 1 atom stereocenters. The van der Waals surface area contributed by atoms with Crippen molar-refractivity contribution in [2.75, 3.05) is 52.6 Å². The molecule has 0 spiro atoms. The molecule has 3 saturated heterocycles. The van der Waals surface area contributed by atoms with E-state index in [1.807, 2.05) is 0 Å². The molecule has 0 aromatic heterocycles. The number of amides is 1. The van der Waals surface area contributed by atoms with Gasteiger partial charge in [0.15, 0.2) is 0 Å². The molecule has 3 aliphatic rings. The molecule has 0 aromatic carbocycles. The van der Waals surface area contributed by atoms with Crippen molar-refractivity contribution in [3.05, 3.63) is 0 Å². The predicted octanol–water partition coefficient (Wildman–Crippen LogP) is 0.516. The van der Waals surface area contributed by atoms with Gasteiger partial charge in [-0.25, -0.2) is 0 Å². The van der Waals surface area contributed by atoms with Crippen molar-refractivity contribution in [1.82, 2.24) is 15.5 Å². The molecule has 2 N–H and O–H groups in total. The van der Waals surface area contributed by atoms with Crippen molar-refractivity contribution in [2.24, 2.45) is 0 Å². The van der Waals surface area contributed by atoms with E-state index in [2.05, 4.69) is 15.5 Å². The van der Waals surface area contributed by atoms with Crippen LogP contribution in [0.3, 0.4) is 0 Å². The smallest absolute Gasteiger partial charge is 0.221 e. The lowest BCUT2D eigenvalue weighted by atomic mass is 9.86. The summed E-state index contributed by atoms with van der Waals surface area (Å²) in [6.45, 7) is 6.92. The highest BCUT2D eigenvalue weighted by Crippen LogP contribution is 2.30. The van der Waals surface area contributed by atoms with Crippen LogP contribution in [0, 0.1) is 0 Å². The van der Waals surface area contributed by atoms with Crippen LogP contribution in [0.5, 0.6) is 0 Å². The van der Waals surface area contributed by atoms with Gasteiger partial charge in [-0.2, -0.15) is 0 Å². The molecule has 1 amide bonds. The fraction of sp³-hybridized carbons (Fsp3) is 0.941. The second-order valence-corrected chi connectivity index (χ2v) is 7.09. The van der Waals surface area contributed by atoms with Gasteiger partial charge in [-0.3, -0.25) is 9.69 Å². The molecule has 3 heterocycles. The maximum atomic E-state index is 12.3. The number of hydrogen-bond acceptors (Lipinski definition) is 5. The molecule has 3 fully saturated rings. The summed E-state index contributed by atoms with van der Waals surface area (Å²) in [5.41, 5.74) is 0.102. The minimum Gasteiger partial charge on any atom is -0.381 e. The van der Waals surface area contributed by atoms with Crippen molar-refractivity contribution >= 4 is 5.91 Å². The monoisotopic (exact) mass is 325 g/mol. The van der Waals surface area contributed by atoms with Crippen LogP contribution in [0.15, 0.2) is 0 Å². The summed E-state index contributed by atoms with van der Waals surface area (Å²) in [5, 5.41) is 6.55. The Labute approximate surface area is 139 Å². The maximum absolute atomic E-state index is 12.3. The zero-order chi connectivity index (χ0) is 16.0. The minimum absolute atomic E-state index is 0.102. The molecule has 1 unspecified atom stereocenters. The summed E-state index contributed by atoms with van der Waals surface area (Å²) in [7, 11) is 0. The highest BCUT2D eigenvalue weighted by Gasteiger charge is 2.39. The van der Waals surface area contributed by atoms with Gasteiger partial charge < -0.3 is 20.1 Å². The molecule has 0 aliphatic carbocycles. The van der Waals surface area contributed by atoms with Gasteiger partial charge in [0.05, 0.1) is 13.2 Å². The van der Waals surface area contributed by atoms with Crippen LogP contribution in [0.25, 0.3) is 0 Å². The van der Waals surface area contributed by atoms with Gasteiger partial charge in [-0.15, -0.1) is 0 Å². The third kappa shape index (κ3) is 4.66. The van der Waals surface area contributed by atoms with Gasteiger partial charge in [-0.1, -0.05) is 6.42 Å². The van der Waals surface area contributed by atoms with Gasteiger partial charge in [0.1, 0.15) is 0 Å². The number of nitrogens with zero attached hydrogens (tertiary/aromatic N) is 1. The Bertz CT molecular complexity index is 373. The number of likely N-dealkylation sites (tertiary alicyclic amines) is 1. The number of carbonyl (C=O) groups is 1. The van der Waals surface area contributed by atoms with Crippen LogP contribution >= 0.6 is 0 Å². The zero-order valence-electron chi connectivity index (χ0n) is 14.1. The fourth-order valence-corrected chi connectivity index (χ4v) is 4.03. The number of nitrogens with one attached hydrogen (secondary N) is 2. The maximum Gasteiger partial charge on any atom is 0.221 e. The quantitative estimate of drug-likeness (QED) is 0.771. The van der Waals surface area contributed by atoms with Crippen molar-refractivity contribution in [1.29, 1.82) is 0 Å². The third-order valence-corrected chi connectivity index (χ3v) is 5.50. The van der Waals surface area contributed by atoms with Crippen LogP contribution in [-0.2, 0) is 14.3 Å². The molecule has 0 saturated carbocycles. The summed E-state index contributed by atoms with van der Waals surface area (Å²) < 4.78 is 11.0. The first kappa shape index (κ1) is 17.1. The van der Waals surface area contributed by atoms with E-state index < -0.39 is 0 Å². The Morgan fingerprint density at radius 1 is 1.13 bits per heavy atom. The summed E-state index contributed by atoms with van der Waals surface area (Å²) in [4.78, 5) is 14.9. The predicted molar refractivity (Wildman–Crippen MR) is 88.4 cm³/mol. The normalized spacial score (nSPS) is 29.1. The minimum atomic E-state index is 0.102. The number of piperidine rings is 1. The Morgan fingerprint density at radius 2 is 1.91 bits per heavy atom. The van der Waals surface area contributed by atoms with E-state index in [1.54, 1.807) is 0 Å². The lowest BCUT2D eigenvalue weighted by Crippen LogP contribution is -2.60. The van der Waals surface area contributed by atoms with Gasteiger partial charge in [0.2, 0.25) is 5.91 Å². The van der Waals surface area contributed by atoms with Crippen LogP contribution in [0.4, 0.5) is 0 Å². The lowest BCUT2D eigenvalue weighted by Gasteiger charge is -2.48. The Kier molecular flexibility index (Phi) is 6.28.